The quantitative estimate of drug-likeness (QED) is 0.417. The standard InChI is InChI=1S/C19H29F3N4O2/c1-18(2,26-9-12-27-13-10-26)14-25-17(23-3)24-8-11-28-16-7-5-4-6-15(16)19(20,21)22/h4-7H,8-14H2,1-3H3,(H2,23,24,25). The lowest BCUT2D eigenvalue weighted by Crippen LogP contribution is -2.56. The van der Waals surface area contributed by atoms with Gasteiger partial charge in [-0.2, -0.15) is 13.2 Å². The first kappa shape index (κ1) is 22.3. The highest BCUT2D eigenvalue weighted by atomic mass is 19.4. The zero-order valence-corrected chi connectivity index (χ0v) is 16.6. The molecule has 0 aromatic heterocycles. The number of morpholine rings is 1. The Labute approximate surface area is 164 Å². The van der Waals surface area contributed by atoms with E-state index in [-0.39, 0.29) is 17.9 Å². The molecule has 0 aliphatic carbocycles. The Morgan fingerprint density at radius 3 is 2.50 bits per heavy atom. The van der Waals surface area contributed by atoms with Crippen LogP contribution in [0.1, 0.15) is 19.4 Å². The number of para-hydroxylation sites is 1. The van der Waals surface area contributed by atoms with Gasteiger partial charge in [0.15, 0.2) is 5.96 Å². The van der Waals surface area contributed by atoms with E-state index < -0.39 is 11.7 Å². The number of rotatable bonds is 7. The molecule has 2 rings (SSSR count). The summed E-state index contributed by atoms with van der Waals surface area (Å²) in [4.78, 5) is 6.51. The third-order valence-corrected chi connectivity index (χ3v) is 4.62. The van der Waals surface area contributed by atoms with Gasteiger partial charge in [-0.15, -0.1) is 0 Å². The van der Waals surface area contributed by atoms with Crippen LogP contribution >= 0.6 is 0 Å². The van der Waals surface area contributed by atoms with Crippen molar-refractivity contribution < 1.29 is 22.6 Å². The first-order valence-electron chi connectivity index (χ1n) is 9.30. The summed E-state index contributed by atoms with van der Waals surface area (Å²) in [6.07, 6.45) is -4.44. The molecule has 28 heavy (non-hydrogen) atoms. The Bertz CT molecular complexity index is 644. The van der Waals surface area contributed by atoms with Crippen molar-refractivity contribution in [3.8, 4) is 5.75 Å². The molecule has 0 spiro atoms. The summed E-state index contributed by atoms with van der Waals surface area (Å²) >= 11 is 0. The molecular formula is C19H29F3N4O2. The molecule has 0 unspecified atom stereocenters. The molecule has 1 aromatic carbocycles. The van der Waals surface area contributed by atoms with Crippen LogP contribution in [0.3, 0.4) is 0 Å². The van der Waals surface area contributed by atoms with E-state index in [1.807, 2.05) is 0 Å². The number of hydrogen-bond donors (Lipinski definition) is 2. The van der Waals surface area contributed by atoms with Gasteiger partial charge in [0, 0.05) is 32.2 Å². The predicted molar refractivity (Wildman–Crippen MR) is 103 cm³/mol. The second-order valence-electron chi connectivity index (χ2n) is 7.11. The maximum Gasteiger partial charge on any atom is 0.419 e. The molecule has 2 N–H and O–H groups in total. The van der Waals surface area contributed by atoms with Crippen LogP contribution in [-0.2, 0) is 10.9 Å². The van der Waals surface area contributed by atoms with Gasteiger partial charge in [0.05, 0.1) is 25.3 Å². The van der Waals surface area contributed by atoms with Crippen LogP contribution in [0.4, 0.5) is 13.2 Å². The van der Waals surface area contributed by atoms with Gasteiger partial charge in [0.1, 0.15) is 12.4 Å². The fraction of sp³-hybridized carbons (Fsp3) is 0.632. The zero-order valence-electron chi connectivity index (χ0n) is 16.6. The molecule has 9 heteroatoms. The molecule has 1 aromatic rings. The summed E-state index contributed by atoms with van der Waals surface area (Å²) < 4.78 is 49.6. The molecule has 0 amide bonds. The highest BCUT2D eigenvalue weighted by Gasteiger charge is 2.34. The fourth-order valence-electron chi connectivity index (χ4n) is 2.96. The van der Waals surface area contributed by atoms with Crippen LogP contribution in [0.25, 0.3) is 0 Å². The summed E-state index contributed by atoms with van der Waals surface area (Å²) in [7, 11) is 1.65. The zero-order chi connectivity index (χ0) is 20.6. The monoisotopic (exact) mass is 402 g/mol. The molecule has 1 fully saturated rings. The van der Waals surface area contributed by atoms with Gasteiger partial charge < -0.3 is 20.1 Å². The smallest absolute Gasteiger partial charge is 0.419 e. The molecule has 1 aliphatic heterocycles. The summed E-state index contributed by atoms with van der Waals surface area (Å²) in [5.74, 6) is 0.405. The molecule has 1 heterocycles. The van der Waals surface area contributed by atoms with Crippen LogP contribution in [0.15, 0.2) is 29.3 Å². The second kappa shape index (κ2) is 9.97. The second-order valence-corrected chi connectivity index (χ2v) is 7.11. The van der Waals surface area contributed by atoms with E-state index in [2.05, 4.69) is 34.4 Å². The largest absolute Gasteiger partial charge is 0.491 e. The third-order valence-electron chi connectivity index (χ3n) is 4.62. The average molecular weight is 402 g/mol. The summed E-state index contributed by atoms with van der Waals surface area (Å²) in [6, 6.07) is 5.19. The van der Waals surface area contributed by atoms with E-state index in [1.165, 1.54) is 18.2 Å². The Hall–Kier alpha value is -2.00. The number of hydrogen-bond acceptors (Lipinski definition) is 4. The molecular weight excluding hydrogens is 373 g/mol. The van der Waals surface area contributed by atoms with Gasteiger partial charge in [-0.05, 0) is 26.0 Å². The van der Waals surface area contributed by atoms with Gasteiger partial charge in [-0.1, -0.05) is 12.1 Å². The maximum atomic E-state index is 13.0. The van der Waals surface area contributed by atoms with Gasteiger partial charge in [0.2, 0.25) is 0 Å². The number of ether oxygens (including phenoxy) is 2. The van der Waals surface area contributed by atoms with Crippen molar-refractivity contribution in [3.63, 3.8) is 0 Å². The van der Waals surface area contributed by atoms with E-state index in [9.17, 15) is 13.2 Å². The number of alkyl halides is 3. The lowest BCUT2D eigenvalue weighted by atomic mass is 10.0. The maximum absolute atomic E-state index is 13.0. The van der Waals surface area contributed by atoms with Crippen LogP contribution in [0, 0.1) is 0 Å². The molecule has 0 atom stereocenters. The lowest BCUT2D eigenvalue weighted by Gasteiger charge is -2.41. The van der Waals surface area contributed by atoms with E-state index in [0.29, 0.717) is 19.0 Å². The molecule has 0 saturated carbocycles. The Kier molecular flexibility index (Phi) is 7.94. The van der Waals surface area contributed by atoms with Crippen molar-refractivity contribution >= 4 is 5.96 Å². The number of halogens is 3. The predicted octanol–water partition coefficient (Wildman–Crippen LogP) is 2.36. The first-order chi connectivity index (χ1) is 13.2. The van der Waals surface area contributed by atoms with Crippen molar-refractivity contribution in [1.29, 1.82) is 0 Å². The molecule has 6 nitrogen and oxygen atoms in total. The SMILES string of the molecule is CN=C(NCCOc1ccccc1C(F)(F)F)NCC(C)(C)N1CCOCC1. The van der Waals surface area contributed by atoms with E-state index in [0.717, 1.165) is 32.4 Å². The molecule has 1 aliphatic rings. The fourth-order valence-corrected chi connectivity index (χ4v) is 2.96. The number of benzene rings is 1. The third kappa shape index (κ3) is 6.56. The highest BCUT2D eigenvalue weighted by Crippen LogP contribution is 2.35. The minimum Gasteiger partial charge on any atom is -0.491 e. The van der Waals surface area contributed by atoms with Crippen molar-refractivity contribution in [1.82, 2.24) is 15.5 Å². The van der Waals surface area contributed by atoms with Crippen molar-refractivity contribution in [2.45, 2.75) is 25.6 Å². The number of aliphatic imine (C=N–C) groups is 1. The molecule has 0 bridgehead atoms. The van der Waals surface area contributed by atoms with Gasteiger partial charge in [-0.3, -0.25) is 9.89 Å². The van der Waals surface area contributed by atoms with Gasteiger partial charge in [0.25, 0.3) is 0 Å². The van der Waals surface area contributed by atoms with Gasteiger partial charge >= 0.3 is 6.18 Å². The van der Waals surface area contributed by atoms with Crippen molar-refractivity contribution in [2.75, 3.05) is 53.0 Å². The van der Waals surface area contributed by atoms with E-state index in [4.69, 9.17) is 9.47 Å². The van der Waals surface area contributed by atoms with Crippen LogP contribution in [-0.4, -0.2) is 69.4 Å². The number of guanidine groups is 1. The average Bonchev–Trinajstić information content (AvgIpc) is 2.67. The minimum atomic E-state index is -4.44. The normalized spacial score (nSPS) is 16.7. The highest BCUT2D eigenvalue weighted by molar-refractivity contribution is 5.79. The summed E-state index contributed by atoms with van der Waals surface area (Å²) in [5.41, 5.74) is -0.853. The summed E-state index contributed by atoms with van der Waals surface area (Å²) in [6.45, 7) is 8.60. The van der Waals surface area contributed by atoms with E-state index in [1.54, 1.807) is 7.05 Å². The van der Waals surface area contributed by atoms with E-state index >= 15 is 0 Å². The number of nitrogens with one attached hydrogen (secondary N) is 2. The molecule has 0 radical (unpaired) electrons. The van der Waals surface area contributed by atoms with Crippen molar-refractivity contribution in [3.05, 3.63) is 29.8 Å². The van der Waals surface area contributed by atoms with Crippen LogP contribution in [0.5, 0.6) is 5.75 Å². The van der Waals surface area contributed by atoms with Crippen molar-refractivity contribution in [2.24, 2.45) is 4.99 Å². The Balaban J connectivity index is 1.77. The summed E-state index contributed by atoms with van der Waals surface area (Å²) in [5, 5.41) is 6.32. The van der Waals surface area contributed by atoms with Crippen LogP contribution in [0.2, 0.25) is 0 Å². The number of nitrogens with zero attached hydrogens (tertiary/aromatic N) is 2. The minimum absolute atomic E-state index is 0.0798. The van der Waals surface area contributed by atoms with Gasteiger partial charge in [-0.25, -0.2) is 0 Å². The Morgan fingerprint density at radius 2 is 1.86 bits per heavy atom. The Morgan fingerprint density at radius 1 is 1.18 bits per heavy atom. The topological polar surface area (TPSA) is 58.1 Å². The molecule has 158 valence electrons. The first-order valence-corrected chi connectivity index (χ1v) is 9.30. The molecule has 1 saturated heterocycles. The van der Waals surface area contributed by atoms with Crippen LogP contribution < -0.4 is 15.4 Å². The lowest BCUT2D eigenvalue weighted by molar-refractivity contribution is -0.138.